The van der Waals surface area contributed by atoms with E-state index in [2.05, 4.69) is 0 Å². The minimum atomic E-state index is -1.26. The molecule has 0 saturated carbocycles. The lowest BCUT2D eigenvalue weighted by Crippen LogP contribution is -2.58. The maximum Gasteiger partial charge on any atom is 0.246 e. The van der Waals surface area contributed by atoms with E-state index in [0.717, 1.165) is 33.7 Å². The summed E-state index contributed by atoms with van der Waals surface area (Å²) < 4.78 is 27.7. The minimum Gasteiger partial charge on any atom is -0.340 e. The van der Waals surface area contributed by atoms with Gasteiger partial charge in [-0.05, 0) is 41.3 Å². The third kappa shape index (κ3) is 5.86. The molecule has 3 aromatic carbocycles. The Bertz CT molecular complexity index is 1340. The molecule has 0 saturated heterocycles. The Balaban J connectivity index is 1.86. The Morgan fingerprint density at radius 3 is 2.16 bits per heavy atom. The number of nitrogens with two attached hydrogens (primary N) is 1. The summed E-state index contributed by atoms with van der Waals surface area (Å²) in [6, 6.07) is 19.1. The molecule has 3 aromatic rings. The summed E-state index contributed by atoms with van der Waals surface area (Å²) in [6.07, 6.45) is 1.42. The van der Waals surface area contributed by atoms with Crippen LogP contribution in [-0.4, -0.2) is 53.2 Å². The number of halogens is 2. The van der Waals surface area contributed by atoms with Crippen LogP contribution in [-0.2, 0) is 20.8 Å². The van der Waals surface area contributed by atoms with E-state index in [1.807, 2.05) is 66.7 Å². The van der Waals surface area contributed by atoms with Gasteiger partial charge in [0.05, 0.1) is 12.5 Å². The zero-order valence-electron chi connectivity index (χ0n) is 21.2. The summed E-state index contributed by atoms with van der Waals surface area (Å²) in [5, 5.41) is 0. The van der Waals surface area contributed by atoms with Gasteiger partial charge in [-0.2, -0.15) is 0 Å². The number of hydrogen-bond acceptors (Lipinski definition) is 4. The van der Waals surface area contributed by atoms with E-state index in [4.69, 9.17) is 5.73 Å². The van der Waals surface area contributed by atoms with Crippen LogP contribution in [0.5, 0.6) is 0 Å². The van der Waals surface area contributed by atoms with Crippen molar-refractivity contribution in [2.24, 2.45) is 5.73 Å². The Morgan fingerprint density at radius 1 is 1.00 bits per heavy atom. The van der Waals surface area contributed by atoms with Crippen molar-refractivity contribution in [3.63, 3.8) is 0 Å². The molecule has 3 atom stereocenters. The monoisotopic (exact) mass is 517 g/mol. The van der Waals surface area contributed by atoms with Crippen LogP contribution in [0.3, 0.4) is 0 Å². The highest BCUT2D eigenvalue weighted by Crippen LogP contribution is 2.34. The Kier molecular flexibility index (Phi) is 8.12. The van der Waals surface area contributed by atoms with Crippen molar-refractivity contribution in [2.45, 2.75) is 31.3 Å². The lowest BCUT2D eigenvalue weighted by atomic mass is 9.87. The zero-order chi connectivity index (χ0) is 27.4. The normalized spacial score (nSPS) is 18.4. The number of imide groups is 1. The van der Waals surface area contributed by atoms with Gasteiger partial charge < -0.3 is 10.6 Å². The second kappa shape index (κ2) is 11.5. The lowest BCUT2D eigenvalue weighted by Gasteiger charge is -2.35. The fraction of sp³-hybridized carbons (Fsp3) is 0.233. The number of rotatable bonds is 6. The summed E-state index contributed by atoms with van der Waals surface area (Å²) in [4.78, 5) is 43.4. The van der Waals surface area contributed by atoms with Crippen LogP contribution < -0.4 is 5.73 Å². The van der Waals surface area contributed by atoms with Crippen LogP contribution in [0.15, 0.2) is 84.9 Å². The fourth-order valence-electron chi connectivity index (χ4n) is 4.75. The van der Waals surface area contributed by atoms with Crippen molar-refractivity contribution < 1.29 is 23.2 Å². The summed E-state index contributed by atoms with van der Waals surface area (Å²) >= 11 is 0. The first-order valence-electron chi connectivity index (χ1n) is 12.3. The first-order chi connectivity index (χ1) is 18.2. The van der Waals surface area contributed by atoms with Crippen molar-refractivity contribution in [1.29, 1.82) is 0 Å². The Morgan fingerprint density at radius 2 is 1.58 bits per heavy atom. The van der Waals surface area contributed by atoms with Crippen molar-refractivity contribution in [2.75, 3.05) is 13.6 Å². The fourth-order valence-corrected chi connectivity index (χ4v) is 4.75. The first kappa shape index (κ1) is 26.9. The van der Waals surface area contributed by atoms with Gasteiger partial charge in [-0.25, -0.2) is 8.78 Å². The predicted octanol–water partition coefficient (Wildman–Crippen LogP) is 3.92. The number of benzene rings is 3. The van der Waals surface area contributed by atoms with Gasteiger partial charge in [-0.1, -0.05) is 66.7 Å². The van der Waals surface area contributed by atoms with Crippen LogP contribution >= 0.6 is 0 Å². The van der Waals surface area contributed by atoms with Crippen molar-refractivity contribution in [3.05, 3.63) is 113 Å². The lowest BCUT2D eigenvalue weighted by molar-refractivity contribution is -0.155. The van der Waals surface area contributed by atoms with Crippen molar-refractivity contribution in [3.8, 4) is 0 Å². The zero-order valence-corrected chi connectivity index (χ0v) is 21.2. The molecular formula is C30H29F2N3O3. The largest absolute Gasteiger partial charge is 0.340 e. The quantitative estimate of drug-likeness (QED) is 0.537. The first-order valence-corrected chi connectivity index (χ1v) is 12.3. The van der Waals surface area contributed by atoms with Gasteiger partial charge >= 0.3 is 0 Å². The highest BCUT2D eigenvalue weighted by atomic mass is 19.1. The summed E-state index contributed by atoms with van der Waals surface area (Å²) in [6.45, 7) is 1.68. The molecule has 0 unspecified atom stereocenters. The number of hydrogen-bond donors (Lipinski definition) is 1. The summed E-state index contributed by atoms with van der Waals surface area (Å²) in [7, 11) is 1.61. The van der Waals surface area contributed by atoms with Crippen molar-refractivity contribution in [1.82, 2.24) is 9.80 Å². The molecule has 38 heavy (non-hydrogen) atoms. The number of likely N-dealkylation sites (N-methyl/N-ethyl adjacent to an activating group) is 1. The molecule has 3 amide bonds. The molecule has 0 bridgehead atoms. The number of carbonyl (C=O) groups excluding carboxylic acids is 3. The second-order valence-corrected chi connectivity index (χ2v) is 9.48. The van der Waals surface area contributed by atoms with E-state index in [1.54, 1.807) is 7.05 Å². The molecule has 0 spiro atoms. The van der Waals surface area contributed by atoms with E-state index >= 15 is 0 Å². The van der Waals surface area contributed by atoms with Gasteiger partial charge in [0.25, 0.3) is 0 Å². The molecule has 0 radical (unpaired) electrons. The number of nitrogens with zero attached hydrogens (tertiary/aromatic N) is 2. The Labute approximate surface area is 220 Å². The van der Waals surface area contributed by atoms with E-state index in [9.17, 15) is 23.2 Å². The number of carbonyl (C=O) groups is 3. The average Bonchev–Trinajstić information content (AvgIpc) is 3.01. The van der Waals surface area contributed by atoms with Gasteiger partial charge in [0, 0.05) is 25.6 Å². The van der Waals surface area contributed by atoms with Gasteiger partial charge in [0.1, 0.15) is 17.7 Å². The van der Waals surface area contributed by atoms with E-state index in [0.29, 0.717) is 6.07 Å². The van der Waals surface area contributed by atoms with Gasteiger partial charge in [0.2, 0.25) is 17.7 Å². The van der Waals surface area contributed by atoms with Crippen LogP contribution in [0, 0.1) is 11.6 Å². The molecule has 6 nitrogen and oxygen atoms in total. The third-order valence-electron chi connectivity index (χ3n) is 6.54. The van der Waals surface area contributed by atoms with Crippen LogP contribution in [0.25, 0.3) is 5.57 Å². The summed E-state index contributed by atoms with van der Waals surface area (Å²) in [5.74, 6) is -4.37. The molecule has 4 rings (SSSR count). The molecule has 2 N–H and O–H groups in total. The minimum absolute atomic E-state index is 0.0428. The molecule has 0 aliphatic carbocycles. The topological polar surface area (TPSA) is 83.7 Å². The molecule has 1 aliphatic rings. The SMILES string of the molecule is C[C@H](N)C(=O)N(C(=O)Cc1cc(F)cc(F)c1)[C@@H]1C(=O)N(C)CC(c2ccccc2)=C[C@@H]1c1ccccc1. The molecule has 1 aliphatic heterocycles. The van der Waals surface area contributed by atoms with Crippen molar-refractivity contribution >= 4 is 23.3 Å². The maximum atomic E-state index is 13.9. The number of amides is 3. The van der Waals surface area contributed by atoms with E-state index < -0.39 is 53.8 Å². The van der Waals surface area contributed by atoms with Gasteiger partial charge in [0.15, 0.2) is 0 Å². The predicted molar refractivity (Wildman–Crippen MR) is 141 cm³/mol. The molecule has 8 heteroatoms. The smallest absolute Gasteiger partial charge is 0.246 e. The maximum absolute atomic E-state index is 13.9. The second-order valence-electron chi connectivity index (χ2n) is 9.48. The van der Waals surface area contributed by atoms with Gasteiger partial charge in [-0.3, -0.25) is 19.3 Å². The highest BCUT2D eigenvalue weighted by Gasteiger charge is 2.43. The van der Waals surface area contributed by atoms with E-state index in [1.165, 1.54) is 11.8 Å². The molecule has 0 aromatic heterocycles. The van der Waals surface area contributed by atoms with Crippen LogP contribution in [0.1, 0.15) is 29.5 Å². The van der Waals surface area contributed by atoms with Crippen LogP contribution in [0.4, 0.5) is 8.78 Å². The summed E-state index contributed by atoms with van der Waals surface area (Å²) in [5.41, 5.74) is 8.46. The third-order valence-corrected chi connectivity index (χ3v) is 6.54. The standard InChI is InChI=1S/C30H29F2N3O3/c1-19(33)29(37)35(27(36)15-20-13-24(31)17-25(32)14-20)28-26(22-11-7-4-8-12-22)16-23(18-34(2)30(28)38)21-9-5-3-6-10-21/h3-14,16-17,19,26,28H,15,18,33H2,1-2H3/t19-,26+,28-/m0/s1. The average molecular weight is 518 g/mol. The Hall–Kier alpha value is -4.17. The molecule has 196 valence electrons. The molecule has 1 heterocycles. The van der Waals surface area contributed by atoms with Gasteiger partial charge in [-0.15, -0.1) is 0 Å². The molecular weight excluding hydrogens is 488 g/mol. The van der Waals surface area contributed by atoms with Crippen LogP contribution in [0.2, 0.25) is 0 Å². The van der Waals surface area contributed by atoms with E-state index in [-0.39, 0.29) is 12.1 Å². The highest BCUT2D eigenvalue weighted by molar-refractivity contribution is 6.03. The molecule has 0 fully saturated rings.